The van der Waals surface area contributed by atoms with E-state index in [0.717, 1.165) is 25.7 Å². The fourth-order valence-corrected chi connectivity index (χ4v) is 2.47. The minimum Gasteiger partial charge on any atom is -0.299 e. The van der Waals surface area contributed by atoms with Crippen molar-refractivity contribution in [3.05, 3.63) is 0 Å². The predicted molar refractivity (Wildman–Crippen MR) is 54.6 cm³/mol. The van der Waals surface area contributed by atoms with Crippen molar-refractivity contribution in [3.8, 4) is 0 Å². The zero-order valence-electron chi connectivity index (χ0n) is 7.84. The molecule has 1 fully saturated rings. The first-order valence-electron chi connectivity index (χ1n) is 4.95. The van der Waals surface area contributed by atoms with Crippen LogP contribution in [0.2, 0.25) is 0 Å². The maximum absolute atomic E-state index is 11.4. The van der Waals surface area contributed by atoms with Gasteiger partial charge in [0.15, 0.2) is 0 Å². The van der Waals surface area contributed by atoms with Crippen molar-refractivity contribution in [3.63, 3.8) is 0 Å². The molecule has 0 spiro atoms. The average Bonchev–Trinajstić information content (AvgIpc) is 2.09. The Bertz CT molecular complexity index is 145. The van der Waals surface area contributed by atoms with Crippen molar-refractivity contribution in [1.29, 1.82) is 0 Å². The highest BCUT2D eigenvalue weighted by atomic mass is 32.2. The number of thioether (sulfide) groups is 1. The van der Waals surface area contributed by atoms with E-state index in [1.807, 2.05) is 11.8 Å². The Morgan fingerprint density at radius 2 is 2.33 bits per heavy atom. The molecule has 0 heterocycles. The van der Waals surface area contributed by atoms with Crippen LogP contribution < -0.4 is 0 Å². The van der Waals surface area contributed by atoms with Crippen LogP contribution >= 0.6 is 11.8 Å². The van der Waals surface area contributed by atoms with Gasteiger partial charge in [0.05, 0.1) is 0 Å². The van der Waals surface area contributed by atoms with E-state index in [0.29, 0.717) is 11.7 Å². The number of carbonyl (C=O) groups excluding carboxylic acids is 1. The predicted octanol–water partition coefficient (Wildman–Crippen LogP) is 2.89. The molecule has 1 aliphatic carbocycles. The standard InChI is InChI=1S/C10H18OS/c1-2-12-8-7-9-5-3-4-6-10(9)11/h9H,2-8H2,1H3. The minimum atomic E-state index is 0.415. The molecule has 0 aromatic carbocycles. The summed E-state index contributed by atoms with van der Waals surface area (Å²) in [4.78, 5) is 11.4. The first-order valence-corrected chi connectivity index (χ1v) is 6.10. The lowest BCUT2D eigenvalue weighted by Gasteiger charge is -2.19. The molecule has 1 atom stereocenters. The topological polar surface area (TPSA) is 17.1 Å². The highest BCUT2D eigenvalue weighted by molar-refractivity contribution is 7.99. The molecule has 0 aromatic rings. The van der Waals surface area contributed by atoms with Crippen LogP contribution in [0.15, 0.2) is 0 Å². The summed E-state index contributed by atoms with van der Waals surface area (Å²) in [5.41, 5.74) is 0. The first-order chi connectivity index (χ1) is 5.84. The molecule has 2 heteroatoms. The molecule has 0 bridgehead atoms. The molecule has 0 N–H and O–H groups in total. The van der Waals surface area contributed by atoms with Gasteiger partial charge in [-0.3, -0.25) is 4.79 Å². The maximum atomic E-state index is 11.4. The van der Waals surface area contributed by atoms with Crippen LogP contribution in [0.3, 0.4) is 0 Å². The quantitative estimate of drug-likeness (QED) is 0.628. The summed E-state index contributed by atoms with van der Waals surface area (Å²) in [7, 11) is 0. The van der Waals surface area contributed by atoms with Crippen LogP contribution in [0, 0.1) is 5.92 Å². The van der Waals surface area contributed by atoms with E-state index in [1.165, 1.54) is 17.9 Å². The molecule has 70 valence electrons. The number of rotatable bonds is 4. The van der Waals surface area contributed by atoms with E-state index in [2.05, 4.69) is 6.92 Å². The fraction of sp³-hybridized carbons (Fsp3) is 0.900. The molecule has 1 unspecified atom stereocenters. The Labute approximate surface area is 79.3 Å². The van der Waals surface area contributed by atoms with Gasteiger partial charge in [-0.2, -0.15) is 11.8 Å². The van der Waals surface area contributed by atoms with Crippen molar-refractivity contribution in [2.24, 2.45) is 5.92 Å². The van der Waals surface area contributed by atoms with Gasteiger partial charge in [0.1, 0.15) is 5.78 Å². The zero-order valence-corrected chi connectivity index (χ0v) is 8.66. The molecule has 0 radical (unpaired) electrons. The molecular formula is C10H18OS. The van der Waals surface area contributed by atoms with Gasteiger partial charge in [-0.1, -0.05) is 13.3 Å². The Morgan fingerprint density at radius 1 is 1.50 bits per heavy atom. The second-order valence-corrected chi connectivity index (χ2v) is 4.79. The van der Waals surface area contributed by atoms with Crippen LogP contribution in [-0.4, -0.2) is 17.3 Å². The normalized spacial score (nSPS) is 24.4. The monoisotopic (exact) mass is 186 g/mol. The molecule has 12 heavy (non-hydrogen) atoms. The lowest BCUT2D eigenvalue weighted by molar-refractivity contribution is -0.124. The van der Waals surface area contributed by atoms with E-state index in [9.17, 15) is 4.79 Å². The smallest absolute Gasteiger partial charge is 0.136 e. The summed E-state index contributed by atoms with van der Waals surface area (Å²) in [6.45, 7) is 2.17. The van der Waals surface area contributed by atoms with Crippen molar-refractivity contribution < 1.29 is 4.79 Å². The van der Waals surface area contributed by atoms with Crippen molar-refractivity contribution in [2.45, 2.75) is 39.0 Å². The van der Waals surface area contributed by atoms with E-state index >= 15 is 0 Å². The van der Waals surface area contributed by atoms with E-state index in [4.69, 9.17) is 0 Å². The van der Waals surface area contributed by atoms with Crippen LogP contribution in [0.1, 0.15) is 39.0 Å². The third-order valence-corrected chi connectivity index (χ3v) is 3.43. The Balaban J connectivity index is 2.16. The highest BCUT2D eigenvalue weighted by Crippen LogP contribution is 2.24. The summed E-state index contributed by atoms with van der Waals surface area (Å²) in [6, 6.07) is 0. The largest absolute Gasteiger partial charge is 0.299 e. The lowest BCUT2D eigenvalue weighted by atomic mass is 9.86. The molecule has 1 nitrogen and oxygen atoms in total. The highest BCUT2D eigenvalue weighted by Gasteiger charge is 2.20. The first kappa shape index (κ1) is 10.1. The summed E-state index contributed by atoms with van der Waals surface area (Å²) in [6.07, 6.45) is 5.53. The van der Waals surface area contributed by atoms with Crippen molar-refractivity contribution in [1.82, 2.24) is 0 Å². The summed E-state index contributed by atoms with van der Waals surface area (Å²) in [5.74, 6) is 3.30. The second kappa shape index (κ2) is 5.63. The number of hydrogen-bond donors (Lipinski definition) is 0. The van der Waals surface area contributed by atoms with Gasteiger partial charge >= 0.3 is 0 Å². The molecule has 1 rings (SSSR count). The number of Topliss-reactive ketones (excluding diaryl/α,β-unsaturated/α-hetero) is 1. The van der Waals surface area contributed by atoms with Crippen LogP contribution in [0.5, 0.6) is 0 Å². The minimum absolute atomic E-state index is 0.415. The van der Waals surface area contributed by atoms with E-state index in [1.54, 1.807) is 0 Å². The van der Waals surface area contributed by atoms with Gasteiger partial charge in [-0.05, 0) is 30.8 Å². The number of hydrogen-bond acceptors (Lipinski definition) is 2. The second-order valence-electron chi connectivity index (χ2n) is 3.39. The third-order valence-electron chi connectivity index (χ3n) is 2.50. The lowest BCUT2D eigenvalue weighted by Crippen LogP contribution is -2.19. The molecular weight excluding hydrogens is 168 g/mol. The Kier molecular flexibility index (Phi) is 4.74. The van der Waals surface area contributed by atoms with Crippen LogP contribution in [-0.2, 0) is 4.79 Å². The summed E-state index contributed by atoms with van der Waals surface area (Å²) < 4.78 is 0. The van der Waals surface area contributed by atoms with Crippen LogP contribution in [0.4, 0.5) is 0 Å². The third kappa shape index (κ3) is 3.18. The average molecular weight is 186 g/mol. The zero-order chi connectivity index (χ0) is 8.81. The molecule has 1 saturated carbocycles. The van der Waals surface area contributed by atoms with Gasteiger partial charge in [-0.25, -0.2) is 0 Å². The van der Waals surface area contributed by atoms with Gasteiger partial charge < -0.3 is 0 Å². The summed E-state index contributed by atoms with van der Waals surface area (Å²) >= 11 is 1.95. The van der Waals surface area contributed by atoms with E-state index in [-0.39, 0.29) is 0 Å². The molecule has 0 aromatic heterocycles. The maximum Gasteiger partial charge on any atom is 0.136 e. The van der Waals surface area contributed by atoms with Crippen molar-refractivity contribution >= 4 is 17.5 Å². The van der Waals surface area contributed by atoms with Crippen LogP contribution in [0.25, 0.3) is 0 Å². The van der Waals surface area contributed by atoms with Gasteiger partial charge in [0, 0.05) is 12.3 Å². The molecule has 0 saturated heterocycles. The number of ketones is 1. The molecule has 0 amide bonds. The van der Waals surface area contributed by atoms with Gasteiger partial charge in [0.2, 0.25) is 0 Å². The SMILES string of the molecule is CCSCCC1CCCCC1=O. The van der Waals surface area contributed by atoms with E-state index < -0.39 is 0 Å². The molecule has 1 aliphatic rings. The molecule has 0 aliphatic heterocycles. The van der Waals surface area contributed by atoms with Crippen molar-refractivity contribution in [2.75, 3.05) is 11.5 Å². The van der Waals surface area contributed by atoms with Gasteiger partial charge in [-0.15, -0.1) is 0 Å². The summed E-state index contributed by atoms with van der Waals surface area (Å²) in [5, 5.41) is 0. The Morgan fingerprint density at radius 3 is 3.00 bits per heavy atom. The Hall–Kier alpha value is 0.0200. The number of carbonyl (C=O) groups is 1. The fourth-order valence-electron chi connectivity index (χ4n) is 1.73. The van der Waals surface area contributed by atoms with Gasteiger partial charge in [0.25, 0.3) is 0 Å².